The van der Waals surface area contributed by atoms with E-state index in [1.54, 1.807) is 0 Å². The van der Waals surface area contributed by atoms with Crippen LogP contribution < -0.4 is 10.1 Å². The van der Waals surface area contributed by atoms with Crippen LogP contribution in [0.5, 0.6) is 5.75 Å². The highest BCUT2D eigenvalue weighted by Gasteiger charge is 2.40. The summed E-state index contributed by atoms with van der Waals surface area (Å²) in [6.45, 7) is 5.48. The second-order valence-corrected chi connectivity index (χ2v) is 7.33. The van der Waals surface area contributed by atoms with E-state index in [0.29, 0.717) is 12.5 Å². The number of anilines is 1. The molecule has 3 nitrogen and oxygen atoms in total. The molecule has 2 aliphatic heterocycles. The highest BCUT2D eigenvalue weighted by atomic mass is 16.5. The van der Waals surface area contributed by atoms with Crippen molar-refractivity contribution in [1.82, 2.24) is 0 Å². The van der Waals surface area contributed by atoms with E-state index < -0.39 is 0 Å². The summed E-state index contributed by atoms with van der Waals surface area (Å²) >= 11 is 0. The molecule has 1 unspecified atom stereocenters. The van der Waals surface area contributed by atoms with E-state index in [-0.39, 0.29) is 12.1 Å². The molecule has 1 saturated heterocycles. The Kier molecular flexibility index (Phi) is 4.61. The van der Waals surface area contributed by atoms with Gasteiger partial charge in [0.2, 0.25) is 0 Å². The fourth-order valence-corrected chi connectivity index (χ4v) is 4.38. The molecule has 2 aliphatic rings. The summed E-state index contributed by atoms with van der Waals surface area (Å²) in [7, 11) is 0. The molecule has 26 heavy (non-hydrogen) atoms. The minimum absolute atomic E-state index is 0.168. The third-order valence-corrected chi connectivity index (χ3v) is 5.47. The molecule has 3 atom stereocenters. The van der Waals surface area contributed by atoms with Crippen LogP contribution in [0.1, 0.15) is 47.2 Å². The Bertz CT molecular complexity index is 835. The molecule has 1 fully saturated rings. The van der Waals surface area contributed by atoms with Gasteiger partial charge in [0.05, 0.1) is 12.1 Å². The molecule has 0 aromatic heterocycles. The van der Waals surface area contributed by atoms with Crippen molar-refractivity contribution in [3.8, 4) is 18.1 Å². The van der Waals surface area contributed by atoms with Crippen molar-refractivity contribution < 1.29 is 9.47 Å². The zero-order chi connectivity index (χ0) is 18.1. The Hall–Kier alpha value is -2.44. The average Bonchev–Trinajstić information content (AvgIpc) is 2.66. The van der Waals surface area contributed by atoms with Crippen LogP contribution in [-0.4, -0.2) is 13.2 Å². The Morgan fingerprint density at radius 2 is 2.04 bits per heavy atom. The Morgan fingerprint density at radius 3 is 2.81 bits per heavy atom. The van der Waals surface area contributed by atoms with Crippen molar-refractivity contribution in [2.24, 2.45) is 5.92 Å². The van der Waals surface area contributed by atoms with Gasteiger partial charge in [-0.3, -0.25) is 0 Å². The molecule has 2 heterocycles. The standard InChI is InChI=1S/C23H25NO2/c1-4-11-25-18-9-7-17(8-10-18)22-19-6-5-12-26-23(19)20-14-15(2)13-16(3)21(20)24-22/h1,7-10,13-14,19,22-24H,5-6,11-12H2,2-3H3/t19-,22?,23-/m0/s1. The Morgan fingerprint density at radius 1 is 1.23 bits per heavy atom. The number of ether oxygens (including phenoxy) is 2. The molecule has 0 saturated carbocycles. The summed E-state index contributed by atoms with van der Waals surface area (Å²) in [5, 5.41) is 3.82. The topological polar surface area (TPSA) is 30.5 Å². The summed E-state index contributed by atoms with van der Waals surface area (Å²) in [6.07, 6.45) is 7.72. The number of terminal acetylenes is 1. The minimum Gasteiger partial charge on any atom is -0.481 e. The van der Waals surface area contributed by atoms with Crippen molar-refractivity contribution in [2.75, 3.05) is 18.5 Å². The van der Waals surface area contributed by atoms with E-state index in [4.69, 9.17) is 15.9 Å². The van der Waals surface area contributed by atoms with Crippen molar-refractivity contribution in [3.63, 3.8) is 0 Å². The third-order valence-electron chi connectivity index (χ3n) is 5.47. The second-order valence-electron chi connectivity index (χ2n) is 7.33. The SMILES string of the molecule is C#CCOc1ccc(C2Nc3c(C)cc(C)cc3[C@H]3OCCC[C@@H]23)cc1. The van der Waals surface area contributed by atoms with E-state index >= 15 is 0 Å². The first-order valence-corrected chi connectivity index (χ1v) is 9.33. The number of aryl methyl sites for hydroxylation is 2. The van der Waals surface area contributed by atoms with Gasteiger partial charge in [-0.1, -0.05) is 35.7 Å². The lowest BCUT2D eigenvalue weighted by Gasteiger charge is -2.44. The van der Waals surface area contributed by atoms with E-state index in [1.807, 2.05) is 12.1 Å². The average molecular weight is 347 g/mol. The van der Waals surface area contributed by atoms with Crippen LogP contribution in [-0.2, 0) is 4.74 Å². The zero-order valence-corrected chi connectivity index (χ0v) is 15.4. The molecule has 0 amide bonds. The monoisotopic (exact) mass is 347 g/mol. The van der Waals surface area contributed by atoms with Gasteiger partial charge in [-0.25, -0.2) is 0 Å². The highest BCUT2D eigenvalue weighted by molar-refractivity contribution is 5.63. The maximum Gasteiger partial charge on any atom is 0.148 e. The molecule has 0 bridgehead atoms. The molecule has 0 aliphatic carbocycles. The summed E-state index contributed by atoms with van der Waals surface area (Å²) in [6, 6.07) is 13.1. The molecule has 4 rings (SSSR count). The van der Waals surface area contributed by atoms with Gasteiger partial charge in [-0.15, -0.1) is 6.42 Å². The van der Waals surface area contributed by atoms with Gasteiger partial charge in [0.1, 0.15) is 12.4 Å². The molecule has 0 spiro atoms. The minimum atomic E-state index is 0.168. The van der Waals surface area contributed by atoms with Gasteiger partial charge in [-0.05, 0) is 49.9 Å². The van der Waals surface area contributed by atoms with Gasteiger partial charge in [-0.2, -0.15) is 0 Å². The highest BCUT2D eigenvalue weighted by Crippen LogP contribution is 2.50. The second kappa shape index (κ2) is 7.05. The molecule has 3 heteroatoms. The maximum absolute atomic E-state index is 6.26. The first-order chi connectivity index (χ1) is 12.7. The number of fused-ring (bicyclic) bond motifs is 3. The molecule has 1 N–H and O–H groups in total. The lowest BCUT2D eigenvalue weighted by molar-refractivity contribution is -0.0382. The summed E-state index contributed by atoms with van der Waals surface area (Å²) in [4.78, 5) is 0. The maximum atomic E-state index is 6.26. The summed E-state index contributed by atoms with van der Waals surface area (Å²) in [5.41, 5.74) is 6.40. The van der Waals surface area contributed by atoms with Gasteiger partial charge < -0.3 is 14.8 Å². The van der Waals surface area contributed by atoms with Gasteiger partial charge in [0, 0.05) is 23.8 Å². The van der Waals surface area contributed by atoms with Crippen molar-refractivity contribution in [3.05, 3.63) is 58.7 Å². The van der Waals surface area contributed by atoms with Crippen LogP contribution in [0.4, 0.5) is 5.69 Å². The zero-order valence-electron chi connectivity index (χ0n) is 15.4. The summed E-state index contributed by atoms with van der Waals surface area (Å²) < 4.78 is 11.8. The normalized spacial score (nSPS) is 24.0. The lowest BCUT2D eigenvalue weighted by Crippen LogP contribution is -2.36. The number of hydrogen-bond donors (Lipinski definition) is 1. The van der Waals surface area contributed by atoms with Crippen LogP contribution in [0.2, 0.25) is 0 Å². The quantitative estimate of drug-likeness (QED) is 0.797. The predicted molar refractivity (Wildman–Crippen MR) is 104 cm³/mol. The van der Waals surface area contributed by atoms with Crippen LogP contribution in [0.15, 0.2) is 36.4 Å². The largest absolute Gasteiger partial charge is 0.481 e. The lowest BCUT2D eigenvalue weighted by atomic mass is 9.76. The number of hydrogen-bond acceptors (Lipinski definition) is 3. The van der Waals surface area contributed by atoms with E-state index in [9.17, 15) is 0 Å². The van der Waals surface area contributed by atoms with Gasteiger partial charge in [0.15, 0.2) is 0 Å². The predicted octanol–water partition coefficient (Wildman–Crippen LogP) is 4.95. The number of rotatable bonds is 3. The molecule has 2 aromatic carbocycles. The Balaban J connectivity index is 1.69. The first kappa shape index (κ1) is 17.0. The number of benzene rings is 2. The van der Waals surface area contributed by atoms with Crippen LogP contribution >= 0.6 is 0 Å². The van der Waals surface area contributed by atoms with Gasteiger partial charge in [0.25, 0.3) is 0 Å². The molecular weight excluding hydrogens is 322 g/mol. The fourth-order valence-electron chi connectivity index (χ4n) is 4.38. The van der Waals surface area contributed by atoms with Crippen molar-refractivity contribution in [2.45, 2.75) is 38.8 Å². The van der Waals surface area contributed by atoms with E-state index in [0.717, 1.165) is 18.8 Å². The van der Waals surface area contributed by atoms with Crippen LogP contribution in [0, 0.1) is 32.1 Å². The van der Waals surface area contributed by atoms with Crippen molar-refractivity contribution in [1.29, 1.82) is 0 Å². The van der Waals surface area contributed by atoms with E-state index in [2.05, 4.69) is 49.4 Å². The summed E-state index contributed by atoms with van der Waals surface area (Å²) in [5.74, 6) is 3.75. The van der Waals surface area contributed by atoms with Crippen molar-refractivity contribution >= 4 is 5.69 Å². The van der Waals surface area contributed by atoms with Crippen LogP contribution in [0.25, 0.3) is 0 Å². The molecular formula is C23H25NO2. The molecule has 2 aromatic rings. The van der Waals surface area contributed by atoms with E-state index in [1.165, 1.54) is 34.4 Å². The smallest absolute Gasteiger partial charge is 0.148 e. The fraction of sp³-hybridized carbons (Fsp3) is 0.391. The van der Waals surface area contributed by atoms with Gasteiger partial charge >= 0.3 is 0 Å². The molecule has 0 radical (unpaired) electrons. The van der Waals surface area contributed by atoms with Crippen LogP contribution in [0.3, 0.4) is 0 Å². The Labute approximate surface area is 155 Å². The number of nitrogens with one attached hydrogen (secondary N) is 1. The third kappa shape index (κ3) is 3.06. The first-order valence-electron chi connectivity index (χ1n) is 9.33. The molecule has 134 valence electrons.